The van der Waals surface area contributed by atoms with Crippen molar-refractivity contribution >= 4 is 17.6 Å². The highest BCUT2D eigenvalue weighted by Crippen LogP contribution is 2.42. The molecule has 17 heavy (non-hydrogen) atoms. The van der Waals surface area contributed by atoms with Crippen LogP contribution < -0.4 is 9.47 Å². The average Bonchev–Trinajstić information content (AvgIpc) is 2.33. The van der Waals surface area contributed by atoms with Gasteiger partial charge in [-0.3, -0.25) is 4.79 Å². The number of hydrogen-bond donors (Lipinski definition) is 1. The molecule has 0 saturated heterocycles. The highest BCUT2D eigenvalue weighted by Gasteiger charge is 2.24. The molecule has 0 saturated carbocycles. The van der Waals surface area contributed by atoms with Crippen LogP contribution in [0.15, 0.2) is 6.07 Å². The average molecular weight is 257 g/mol. The standard InChI is InChI=1S/C12H13ClO4/c1-6-8(7(2)12(14)15)5-9-11(10(6)13)17-4-3-16-9/h5,7H,3-4H2,1-2H3,(H,14,15). The van der Waals surface area contributed by atoms with Crippen molar-refractivity contribution in [2.45, 2.75) is 19.8 Å². The molecule has 1 heterocycles. The Morgan fingerprint density at radius 1 is 1.47 bits per heavy atom. The van der Waals surface area contributed by atoms with Gasteiger partial charge in [0.15, 0.2) is 11.5 Å². The molecule has 1 unspecified atom stereocenters. The van der Waals surface area contributed by atoms with Gasteiger partial charge in [0, 0.05) is 0 Å². The van der Waals surface area contributed by atoms with Crippen molar-refractivity contribution in [1.29, 1.82) is 0 Å². The summed E-state index contributed by atoms with van der Waals surface area (Å²) in [5, 5.41) is 9.48. The maximum Gasteiger partial charge on any atom is 0.310 e. The van der Waals surface area contributed by atoms with Crippen molar-refractivity contribution in [3.63, 3.8) is 0 Å². The Balaban J connectivity index is 2.55. The fourth-order valence-electron chi connectivity index (χ4n) is 1.84. The highest BCUT2D eigenvalue weighted by molar-refractivity contribution is 6.33. The summed E-state index contributed by atoms with van der Waals surface area (Å²) in [6.07, 6.45) is 0. The molecule has 5 heteroatoms. The van der Waals surface area contributed by atoms with Crippen LogP contribution in [0.5, 0.6) is 11.5 Å². The first-order valence-electron chi connectivity index (χ1n) is 5.33. The second-order valence-corrected chi connectivity index (χ2v) is 4.37. The van der Waals surface area contributed by atoms with Gasteiger partial charge in [-0.1, -0.05) is 11.6 Å². The first-order valence-corrected chi connectivity index (χ1v) is 5.71. The molecule has 0 aromatic heterocycles. The number of rotatable bonds is 2. The summed E-state index contributed by atoms with van der Waals surface area (Å²) in [5.74, 6) is -0.476. The van der Waals surface area contributed by atoms with Crippen LogP contribution in [-0.4, -0.2) is 24.3 Å². The summed E-state index contributed by atoms with van der Waals surface area (Å²) >= 11 is 6.17. The Labute approximate surface area is 104 Å². The molecule has 1 aromatic carbocycles. The zero-order chi connectivity index (χ0) is 12.6. The molecule has 0 aliphatic carbocycles. The Hall–Kier alpha value is -1.42. The second kappa shape index (κ2) is 4.45. The molecule has 1 aromatic rings. The number of carboxylic acids is 1. The van der Waals surface area contributed by atoms with Gasteiger partial charge in [-0.2, -0.15) is 0 Å². The summed E-state index contributed by atoms with van der Waals surface area (Å²) in [6, 6.07) is 1.70. The third kappa shape index (κ3) is 2.05. The van der Waals surface area contributed by atoms with Crippen LogP contribution in [0.25, 0.3) is 0 Å². The summed E-state index contributed by atoms with van der Waals surface area (Å²) < 4.78 is 10.9. The molecular formula is C12H13ClO4. The van der Waals surface area contributed by atoms with E-state index in [4.69, 9.17) is 26.2 Å². The molecule has 2 rings (SSSR count). The van der Waals surface area contributed by atoms with Crippen molar-refractivity contribution < 1.29 is 19.4 Å². The van der Waals surface area contributed by atoms with E-state index in [0.29, 0.717) is 35.3 Å². The van der Waals surface area contributed by atoms with Gasteiger partial charge in [-0.05, 0) is 31.0 Å². The summed E-state index contributed by atoms with van der Waals surface area (Å²) in [5.41, 5.74) is 1.39. The fraction of sp³-hybridized carbons (Fsp3) is 0.417. The largest absolute Gasteiger partial charge is 0.486 e. The zero-order valence-electron chi connectivity index (χ0n) is 9.62. The SMILES string of the molecule is Cc1c(C(C)C(=O)O)cc2c(c1Cl)OCCO2. The predicted molar refractivity (Wildman–Crippen MR) is 63.2 cm³/mol. The van der Waals surface area contributed by atoms with Gasteiger partial charge in [-0.15, -0.1) is 0 Å². The van der Waals surface area contributed by atoms with Crippen molar-refractivity contribution in [3.8, 4) is 11.5 Å². The van der Waals surface area contributed by atoms with E-state index in [1.54, 1.807) is 19.9 Å². The predicted octanol–water partition coefficient (Wildman–Crippen LogP) is 2.61. The second-order valence-electron chi connectivity index (χ2n) is 3.99. The molecule has 1 N–H and O–H groups in total. The molecule has 0 radical (unpaired) electrons. The van der Waals surface area contributed by atoms with E-state index in [2.05, 4.69) is 0 Å². The van der Waals surface area contributed by atoms with Crippen LogP contribution in [-0.2, 0) is 4.79 Å². The summed E-state index contributed by atoms with van der Waals surface area (Å²) in [7, 11) is 0. The maximum atomic E-state index is 11.0. The summed E-state index contributed by atoms with van der Waals surface area (Å²) in [4.78, 5) is 11.0. The third-order valence-corrected chi connectivity index (χ3v) is 3.35. The van der Waals surface area contributed by atoms with Crippen LogP contribution in [0.3, 0.4) is 0 Å². The Kier molecular flexibility index (Phi) is 3.15. The number of ether oxygens (including phenoxy) is 2. The van der Waals surface area contributed by atoms with Gasteiger partial charge in [-0.25, -0.2) is 0 Å². The number of carboxylic acid groups (broad SMARTS) is 1. The van der Waals surface area contributed by atoms with Gasteiger partial charge in [0.1, 0.15) is 13.2 Å². The molecule has 0 spiro atoms. The number of carbonyl (C=O) groups is 1. The molecule has 0 bridgehead atoms. The van der Waals surface area contributed by atoms with Gasteiger partial charge in [0.2, 0.25) is 0 Å². The first-order chi connectivity index (χ1) is 8.02. The number of aliphatic carboxylic acids is 1. The monoisotopic (exact) mass is 256 g/mol. The van der Waals surface area contributed by atoms with E-state index in [-0.39, 0.29) is 0 Å². The number of hydrogen-bond acceptors (Lipinski definition) is 3. The minimum Gasteiger partial charge on any atom is -0.486 e. The highest BCUT2D eigenvalue weighted by atomic mass is 35.5. The molecule has 4 nitrogen and oxygen atoms in total. The molecular weight excluding hydrogens is 244 g/mol. The van der Waals surface area contributed by atoms with Crippen LogP contribution in [0.1, 0.15) is 24.0 Å². The number of halogens is 1. The van der Waals surface area contributed by atoms with E-state index in [1.807, 2.05) is 0 Å². The Morgan fingerprint density at radius 2 is 2.12 bits per heavy atom. The van der Waals surface area contributed by atoms with E-state index in [0.717, 1.165) is 5.56 Å². The first kappa shape index (κ1) is 12.0. The molecule has 0 amide bonds. The Bertz CT molecular complexity index is 470. The van der Waals surface area contributed by atoms with Crippen LogP contribution in [0.2, 0.25) is 5.02 Å². The molecule has 1 aliphatic rings. The lowest BCUT2D eigenvalue weighted by Crippen LogP contribution is -2.17. The quantitative estimate of drug-likeness (QED) is 0.884. The van der Waals surface area contributed by atoms with Gasteiger partial charge in [0.25, 0.3) is 0 Å². The lowest BCUT2D eigenvalue weighted by atomic mass is 9.95. The van der Waals surface area contributed by atoms with E-state index in [1.165, 1.54) is 0 Å². The van der Waals surface area contributed by atoms with Gasteiger partial charge < -0.3 is 14.6 Å². The van der Waals surface area contributed by atoms with E-state index >= 15 is 0 Å². The summed E-state index contributed by atoms with van der Waals surface area (Å²) in [6.45, 7) is 4.32. The lowest BCUT2D eigenvalue weighted by molar-refractivity contribution is -0.138. The van der Waals surface area contributed by atoms with Gasteiger partial charge >= 0.3 is 5.97 Å². The normalized spacial score (nSPS) is 15.5. The van der Waals surface area contributed by atoms with E-state index in [9.17, 15) is 4.79 Å². The van der Waals surface area contributed by atoms with Crippen LogP contribution in [0, 0.1) is 6.92 Å². The molecule has 92 valence electrons. The fourth-order valence-corrected chi connectivity index (χ4v) is 2.10. The molecule has 1 atom stereocenters. The number of benzene rings is 1. The number of fused-ring (bicyclic) bond motifs is 1. The van der Waals surface area contributed by atoms with Crippen LogP contribution in [0.4, 0.5) is 0 Å². The van der Waals surface area contributed by atoms with Crippen LogP contribution >= 0.6 is 11.6 Å². The van der Waals surface area contributed by atoms with Crippen molar-refractivity contribution in [2.75, 3.05) is 13.2 Å². The smallest absolute Gasteiger partial charge is 0.310 e. The van der Waals surface area contributed by atoms with Crippen molar-refractivity contribution in [1.82, 2.24) is 0 Å². The third-order valence-electron chi connectivity index (χ3n) is 2.90. The topological polar surface area (TPSA) is 55.8 Å². The van der Waals surface area contributed by atoms with Gasteiger partial charge in [0.05, 0.1) is 10.9 Å². The lowest BCUT2D eigenvalue weighted by Gasteiger charge is -2.23. The molecule has 0 fully saturated rings. The zero-order valence-corrected chi connectivity index (χ0v) is 10.4. The maximum absolute atomic E-state index is 11.0. The Morgan fingerprint density at radius 3 is 2.76 bits per heavy atom. The minimum atomic E-state index is -0.888. The minimum absolute atomic E-state index is 0.435. The van der Waals surface area contributed by atoms with E-state index < -0.39 is 11.9 Å². The van der Waals surface area contributed by atoms with Crippen molar-refractivity contribution in [3.05, 3.63) is 22.2 Å². The molecule has 1 aliphatic heterocycles. The van der Waals surface area contributed by atoms with Crippen molar-refractivity contribution in [2.24, 2.45) is 0 Å².